The van der Waals surface area contributed by atoms with E-state index in [-0.39, 0.29) is 0 Å². The molecule has 1 unspecified atom stereocenters. The van der Waals surface area contributed by atoms with Gasteiger partial charge in [-0.2, -0.15) is 0 Å². The van der Waals surface area contributed by atoms with Crippen molar-refractivity contribution in [2.45, 2.75) is 18.9 Å². The zero-order chi connectivity index (χ0) is 15.9. The molecule has 0 amide bonds. The molecule has 0 aliphatic carbocycles. The van der Waals surface area contributed by atoms with Crippen LogP contribution in [0.15, 0.2) is 43.0 Å². The molecule has 0 saturated carbocycles. The van der Waals surface area contributed by atoms with Crippen LogP contribution in [0.4, 0.5) is 0 Å². The molecule has 3 aromatic rings. The van der Waals surface area contributed by atoms with Crippen LogP contribution >= 0.6 is 11.3 Å². The highest BCUT2D eigenvalue weighted by Crippen LogP contribution is 2.36. The van der Waals surface area contributed by atoms with Crippen LogP contribution in [0.5, 0.6) is 0 Å². The Hall–Kier alpha value is -2.05. The summed E-state index contributed by atoms with van der Waals surface area (Å²) in [6, 6.07) is 8.79. The van der Waals surface area contributed by atoms with E-state index in [9.17, 15) is 0 Å². The first-order chi connectivity index (χ1) is 11.9. The fraction of sp³-hybridized carbons (Fsp3) is 0.389. The Balaban J connectivity index is 1.41. The summed E-state index contributed by atoms with van der Waals surface area (Å²) in [7, 11) is 0. The summed E-state index contributed by atoms with van der Waals surface area (Å²) in [5.74, 6) is 1.60. The number of piperidine rings is 3. The molecule has 3 aromatic heterocycles. The van der Waals surface area contributed by atoms with Gasteiger partial charge in [-0.05, 0) is 50.0 Å². The van der Waals surface area contributed by atoms with Gasteiger partial charge in [-0.3, -0.25) is 4.98 Å². The Bertz CT molecular complexity index is 832. The minimum Gasteiger partial charge on any atom is -0.301 e. The van der Waals surface area contributed by atoms with Crippen LogP contribution in [0.25, 0.3) is 21.1 Å². The van der Waals surface area contributed by atoms with Gasteiger partial charge in [0.15, 0.2) is 5.82 Å². The molecule has 24 heavy (non-hydrogen) atoms. The standard InChI is InChI=1S/C18H19N5S/c1-2-14(10-19-7-1)16-3-4-17(24-16)18-20-12-23(21-18)15-11-22-8-5-13(15)6-9-22/h1-4,7,10,12-13,15H,5-6,8-9,11H2. The smallest absolute Gasteiger partial charge is 0.191 e. The largest absolute Gasteiger partial charge is 0.301 e. The van der Waals surface area contributed by atoms with Crippen LogP contribution in [0.3, 0.4) is 0 Å². The summed E-state index contributed by atoms with van der Waals surface area (Å²) in [5, 5.41) is 4.80. The lowest BCUT2D eigenvalue weighted by atomic mass is 9.84. The van der Waals surface area contributed by atoms with Gasteiger partial charge in [0.25, 0.3) is 0 Å². The molecule has 0 radical (unpaired) electrons. The maximum Gasteiger partial charge on any atom is 0.191 e. The monoisotopic (exact) mass is 337 g/mol. The van der Waals surface area contributed by atoms with E-state index in [0.29, 0.717) is 6.04 Å². The third-order valence-corrected chi connectivity index (χ3v) is 6.37. The summed E-state index contributed by atoms with van der Waals surface area (Å²) in [4.78, 5) is 13.7. The van der Waals surface area contributed by atoms with E-state index in [1.165, 1.54) is 30.8 Å². The first-order valence-corrected chi connectivity index (χ1v) is 9.32. The summed E-state index contributed by atoms with van der Waals surface area (Å²) in [6.45, 7) is 3.63. The lowest BCUT2D eigenvalue weighted by Gasteiger charge is -2.44. The van der Waals surface area contributed by atoms with Crippen LogP contribution < -0.4 is 0 Å². The van der Waals surface area contributed by atoms with E-state index in [2.05, 4.69) is 37.7 Å². The van der Waals surface area contributed by atoms with Crippen molar-refractivity contribution in [3.63, 3.8) is 0 Å². The van der Waals surface area contributed by atoms with Crippen molar-refractivity contribution in [3.8, 4) is 21.1 Å². The minimum absolute atomic E-state index is 0.492. The first-order valence-electron chi connectivity index (χ1n) is 8.51. The number of hydrogen-bond donors (Lipinski definition) is 0. The molecule has 2 bridgehead atoms. The van der Waals surface area contributed by atoms with Gasteiger partial charge in [-0.25, -0.2) is 9.67 Å². The topological polar surface area (TPSA) is 46.8 Å². The molecule has 3 saturated heterocycles. The Labute approximate surface area is 145 Å². The SMILES string of the molecule is c1cncc(-c2ccc(-c3ncn(C4CN5CCC4CC5)n3)s2)c1. The number of nitrogens with zero attached hydrogens (tertiary/aromatic N) is 5. The highest BCUT2D eigenvalue weighted by Gasteiger charge is 2.35. The molecule has 0 aromatic carbocycles. The average molecular weight is 337 g/mol. The molecule has 0 spiro atoms. The van der Waals surface area contributed by atoms with Crippen LogP contribution in [0, 0.1) is 5.92 Å². The molecule has 3 aliphatic heterocycles. The summed E-state index contributed by atoms with van der Waals surface area (Å²) in [6.07, 6.45) is 8.21. The molecule has 5 nitrogen and oxygen atoms in total. The average Bonchev–Trinajstić information content (AvgIpc) is 3.33. The number of thiophene rings is 1. The molecule has 0 N–H and O–H groups in total. The minimum atomic E-state index is 0.492. The molecular weight excluding hydrogens is 318 g/mol. The van der Waals surface area contributed by atoms with Crippen molar-refractivity contribution in [1.29, 1.82) is 0 Å². The normalized spacial score (nSPS) is 25.9. The fourth-order valence-corrected chi connectivity index (χ4v) is 4.84. The lowest BCUT2D eigenvalue weighted by molar-refractivity contribution is 0.0512. The van der Waals surface area contributed by atoms with Gasteiger partial charge in [0.1, 0.15) is 6.33 Å². The predicted octanol–water partition coefficient (Wildman–Crippen LogP) is 3.34. The van der Waals surface area contributed by atoms with E-state index < -0.39 is 0 Å². The van der Waals surface area contributed by atoms with Crippen LogP contribution in [-0.2, 0) is 0 Å². The highest BCUT2D eigenvalue weighted by molar-refractivity contribution is 7.18. The highest BCUT2D eigenvalue weighted by atomic mass is 32.1. The van der Waals surface area contributed by atoms with Crippen molar-refractivity contribution < 1.29 is 0 Å². The van der Waals surface area contributed by atoms with E-state index in [1.807, 2.05) is 18.6 Å². The van der Waals surface area contributed by atoms with Gasteiger partial charge in [0, 0.05) is 29.4 Å². The molecule has 3 fully saturated rings. The molecule has 1 atom stereocenters. The van der Waals surface area contributed by atoms with Gasteiger partial charge in [0.2, 0.25) is 0 Å². The van der Waals surface area contributed by atoms with Gasteiger partial charge in [-0.1, -0.05) is 6.07 Å². The second kappa shape index (κ2) is 5.79. The molecule has 3 aliphatic rings. The number of hydrogen-bond acceptors (Lipinski definition) is 5. The quantitative estimate of drug-likeness (QED) is 0.735. The second-order valence-electron chi connectivity index (χ2n) is 6.66. The van der Waals surface area contributed by atoms with Gasteiger partial charge in [-0.15, -0.1) is 16.4 Å². The van der Waals surface area contributed by atoms with Crippen molar-refractivity contribution >= 4 is 11.3 Å². The van der Waals surface area contributed by atoms with Crippen molar-refractivity contribution in [3.05, 3.63) is 43.0 Å². The first kappa shape index (κ1) is 14.3. The maximum absolute atomic E-state index is 4.80. The van der Waals surface area contributed by atoms with E-state index in [0.717, 1.165) is 28.7 Å². The Morgan fingerprint density at radius 1 is 1.08 bits per heavy atom. The molecular formula is C18H19N5S. The number of pyridine rings is 1. The zero-order valence-corrected chi connectivity index (χ0v) is 14.2. The third-order valence-electron chi connectivity index (χ3n) is 5.24. The van der Waals surface area contributed by atoms with Gasteiger partial charge in [0.05, 0.1) is 10.9 Å². The van der Waals surface area contributed by atoms with Gasteiger partial charge < -0.3 is 4.90 Å². The summed E-state index contributed by atoms with van der Waals surface area (Å²) in [5.41, 5.74) is 1.14. The molecule has 6 rings (SSSR count). The van der Waals surface area contributed by atoms with Crippen molar-refractivity contribution in [2.75, 3.05) is 19.6 Å². The molecule has 6 heterocycles. The van der Waals surface area contributed by atoms with Crippen molar-refractivity contribution in [2.24, 2.45) is 5.92 Å². The maximum atomic E-state index is 4.80. The van der Waals surface area contributed by atoms with Crippen LogP contribution in [0.1, 0.15) is 18.9 Å². The number of aromatic nitrogens is 4. The van der Waals surface area contributed by atoms with Crippen LogP contribution in [0.2, 0.25) is 0 Å². The fourth-order valence-electron chi connectivity index (χ4n) is 3.90. The number of rotatable bonds is 3. The number of fused-ring (bicyclic) bond motifs is 3. The van der Waals surface area contributed by atoms with Gasteiger partial charge >= 0.3 is 0 Å². The Kier molecular flexibility index (Phi) is 3.45. The third kappa shape index (κ3) is 2.46. The lowest BCUT2D eigenvalue weighted by Crippen LogP contribution is -2.48. The van der Waals surface area contributed by atoms with E-state index in [4.69, 9.17) is 5.10 Å². The Morgan fingerprint density at radius 2 is 1.96 bits per heavy atom. The zero-order valence-electron chi connectivity index (χ0n) is 13.4. The van der Waals surface area contributed by atoms with E-state index >= 15 is 0 Å². The Morgan fingerprint density at radius 3 is 2.71 bits per heavy atom. The second-order valence-corrected chi connectivity index (χ2v) is 7.74. The van der Waals surface area contributed by atoms with Crippen molar-refractivity contribution in [1.82, 2.24) is 24.6 Å². The summed E-state index contributed by atoms with van der Waals surface area (Å²) >= 11 is 1.73. The molecule has 122 valence electrons. The summed E-state index contributed by atoms with van der Waals surface area (Å²) < 4.78 is 2.11. The predicted molar refractivity (Wildman–Crippen MR) is 94.8 cm³/mol. The van der Waals surface area contributed by atoms with E-state index in [1.54, 1.807) is 17.5 Å². The van der Waals surface area contributed by atoms with Crippen LogP contribution in [-0.4, -0.2) is 44.3 Å². The molecule has 6 heteroatoms.